The Morgan fingerprint density at radius 3 is 2.95 bits per heavy atom. The Morgan fingerprint density at radius 1 is 1.55 bits per heavy atom. The Balaban J connectivity index is 1.79. The van der Waals surface area contributed by atoms with Gasteiger partial charge in [0.25, 0.3) is 0 Å². The lowest BCUT2D eigenvalue weighted by molar-refractivity contribution is -0.109. The van der Waals surface area contributed by atoms with Crippen molar-refractivity contribution in [3.63, 3.8) is 0 Å². The number of nitrogens with one attached hydrogen (secondary N) is 1. The molecule has 1 saturated carbocycles. The van der Waals surface area contributed by atoms with E-state index in [-0.39, 0.29) is 9.89 Å². The Kier molecular flexibility index (Phi) is 5.77. The zero-order valence-electron chi connectivity index (χ0n) is 11.9. The van der Waals surface area contributed by atoms with E-state index in [4.69, 9.17) is 4.74 Å². The molecule has 1 aromatic rings. The molecule has 0 aromatic carbocycles. The first kappa shape index (κ1) is 15.7. The molecule has 0 spiro atoms. The Morgan fingerprint density at radius 2 is 2.30 bits per heavy atom. The van der Waals surface area contributed by atoms with E-state index in [0.29, 0.717) is 24.4 Å². The highest BCUT2D eigenvalue weighted by atomic mass is 127. The third-order valence-corrected chi connectivity index (χ3v) is 3.90. The topological polar surface area (TPSA) is 51.2 Å². The Labute approximate surface area is 133 Å². The second kappa shape index (κ2) is 7.36. The highest BCUT2D eigenvalue weighted by molar-refractivity contribution is 14.1. The summed E-state index contributed by atoms with van der Waals surface area (Å²) in [6.45, 7) is 4.32. The number of pyridine rings is 1. The van der Waals surface area contributed by atoms with Crippen molar-refractivity contribution in [2.45, 2.75) is 57.7 Å². The van der Waals surface area contributed by atoms with E-state index in [1.165, 1.54) is 0 Å². The van der Waals surface area contributed by atoms with Crippen molar-refractivity contribution in [3.05, 3.63) is 23.9 Å². The van der Waals surface area contributed by atoms with Crippen molar-refractivity contribution in [2.75, 3.05) is 0 Å². The fraction of sp³-hybridized carbons (Fsp3) is 0.600. The standard InChI is InChI=1S/C15H21IN2O2/c1-10(2)18-12-8-13(9-12)20-15-7-11(5-6-17-15)3-4-14(16)19/h5-7,10,12-13,18H,3-4,8-9H2,1-2H3/t12-,13-. The Hall–Kier alpha value is -0.690. The molecule has 1 aliphatic carbocycles. The molecule has 1 aliphatic rings. The lowest BCUT2D eigenvalue weighted by Gasteiger charge is -2.36. The number of carbonyl (C=O) groups excluding carboxylic acids is 1. The number of hydrogen-bond donors (Lipinski definition) is 1. The second-order valence-electron chi connectivity index (χ2n) is 5.59. The summed E-state index contributed by atoms with van der Waals surface area (Å²) in [7, 11) is 0. The first-order valence-electron chi connectivity index (χ1n) is 7.09. The summed E-state index contributed by atoms with van der Waals surface area (Å²) in [5.74, 6) is 0.677. The van der Waals surface area contributed by atoms with Crippen molar-refractivity contribution < 1.29 is 9.53 Å². The summed E-state index contributed by atoms with van der Waals surface area (Å²) < 4.78 is 6.06. The molecule has 0 aliphatic heterocycles. The smallest absolute Gasteiger partial charge is 0.213 e. The van der Waals surface area contributed by atoms with E-state index in [2.05, 4.69) is 24.1 Å². The van der Waals surface area contributed by atoms with Crippen LogP contribution >= 0.6 is 22.6 Å². The van der Waals surface area contributed by atoms with Gasteiger partial charge in [-0.15, -0.1) is 0 Å². The number of ether oxygens (including phenoxy) is 1. The van der Waals surface area contributed by atoms with Crippen LogP contribution in [0.15, 0.2) is 18.3 Å². The molecule has 5 heteroatoms. The molecule has 1 heterocycles. The van der Waals surface area contributed by atoms with Gasteiger partial charge in [0.1, 0.15) is 6.10 Å². The van der Waals surface area contributed by atoms with Crippen LogP contribution in [-0.2, 0) is 11.2 Å². The average Bonchev–Trinajstić information content (AvgIpc) is 2.34. The van der Waals surface area contributed by atoms with Crippen molar-refractivity contribution in [3.8, 4) is 5.88 Å². The number of rotatable bonds is 7. The summed E-state index contributed by atoms with van der Waals surface area (Å²) in [5.41, 5.74) is 1.11. The normalized spacial score (nSPS) is 21.6. The van der Waals surface area contributed by atoms with Gasteiger partial charge in [0, 0.05) is 30.8 Å². The predicted octanol–water partition coefficient (Wildman–Crippen LogP) is 2.88. The van der Waals surface area contributed by atoms with Gasteiger partial charge < -0.3 is 10.1 Å². The summed E-state index contributed by atoms with van der Waals surface area (Å²) in [6, 6.07) is 4.98. The highest BCUT2D eigenvalue weighted by Crippen LogP contribution is 2.25. The number of carbonyl (C=O) groups is 1. The van der Waals surface area contributed by atoms with E-state index in [1.54, 1.807) is 6.20 Å². The average molecular weight is 388 g/mol. The number of hydrogen-bond acceptors (Lipinski definition) is 4. The molecule has 4 nitrogen and oxygen atoms in total. The van der Waals surface area contributed by atoms with Crippen molar-refractivity contribution in [1.29, 1.82) is 0 Å². The fourth-order valence-electron chi connectivity index (χ4n) is 2.35. The van der Waals surface area contributed by atoms with Gasteiger partial charge >= 0.3 is 0 Å². The minimum absolute atomic E-state index is 0.184. The third-order valence-electron chi connectivity index (χ3n) is 3.36. The molecule has 0 amide bonds. The van der Waals surface area contributed by atoms with Crippen LogP contribution in [0.25, 0.3) is 0 Å². The van der Waals surface area contributed by atoms with E-state index in [1.807, 2.05) is 34.7 Å². The zero-order chi connectivity index (χ0) is 14.5. The molecule has 1 N–H and O–H groups in total. The fourth-order valence-corrected chi connectivity index (χ4v) is 2.62. The molecule has 20 heavy (non-hydrogen) atoms. The molecule has 0 bridgehead atoms. The van der Waals surface area contributed by atoms with Crippen LogP contribution in [0.4, 0.5) is 0 Å². The van der Waals surface area contributed by atoms with Crippen LogP contribution in [0, 0.1) is 0 Å². The Bertz CT molecular complexity index is 459. The van der Waals surface area contributed by atoms with Crippen LogP contribution in [0.2, 0.25) is 0 Å². The van der Waals surface area contributed by atoms with Crippen molar-refractivity contribution in [2.24, 2.45) is 0 Å². The summed E-state index contributed by atoms with van der Waals surface area (Å²) in [4.78, 5) is 15.2. The van der Waals surface area contributed by atoms with Crippen molar-refractivity contribution >= 4 is 26.4 Å². The predicted molar refractivity (Wildman–Crippen MR) is 87.3 cm³/mol. The van der Waals surface area contributed by atoms with Gasteiger partial charge in [-0.05, 0) is 53.5 Å². The monoisotopic (exact) mass is 388 g/mol. The number of halogens is 1. The van der Waals surface area contributed by atoms with Gasteiger partial charge in [-0.25, -0.2) is 4.98 Å². The number of nitrogens with zero attached hydrogens (tertiary/aromatic N) is 1. The molecule has 2 rings (SSSR count). The molecule has 0 radical (unpaired) electrons. The molecule has 0 unspecified atom stereocenters. The minimum Gasteiger partial charge on any atom is -0.474 e. The van der Waals surface area contributed by atoms with Gasteiger partial charge in [-0.1, -0.05) is 13.8 Å². The zero-order valence-corrected chi connectivity index (χ0v) is 14.1. The van der Waals surface area contributed by atoms with E-state index in [0.717, 1.165) is 24.8 Å². The first-order valence-corrected chi connectivity index (χ1v) is 8.16. The molecule has 1 aromatic heterocycles. The second-order valence-corrected chi connectivity index (χ2v) is 6.79. The van der Waals surface area contributed by atoms with E-state index < -0.39 is 0 Å². The molecular weight excluding hydrogens is 367 g/mol. The molecular formula is C15H21IN2O2. The van der Waals surface area contributed by atoms with Crippen molar-refractivity contribution in [1.82, 2.24) is 10.3 Å². The van der Waals surface area contributed by atoms with E-state index in [9.17, 15) is 4.79 Å². The van der Waals surface area contributed by atoms with Gasteiger partial charge in [-0.3, -0.25) is 4.79 Å². The quantitative estimate of drug-likeness (QED) is 0.577. The minimum atomic E-state index is 0.184. The molecule has 0 atom stereocenters. The van der Waals surface area contributed by atoms with Crippen LogP contribution in [-0.4, -0.2) is 27.0 Å². The summed E-state index contributed by atoms with van der Waals surface area (Å²) in [6.07, 6.45) is 5.41. The van der Waals surface area contributed by atoms with Crippen LogP contribution in [0.3, 0.4) is 0 Å². The summed E-state index contributed by atoms with van der Waals surface area (Å²) in [5, 5.41) is 3.50. The highest BCUT2D eigenvalue weighted by Gasteiger charge is 2.31. The van der Waals surface area contributed by atoms with Gasteiger partial charge in [-0.2, -0.15) is 0 Å². The van der Waals surface area contributed by atoms with Gasteiger partial charge in [0.2, 0.25) is 5.88 Å². The van der Waals surface area contributed by atoms with E-state index >= 15 is 0 Å². The third kappa shape index (κ3) is 5.01. The van der Waals surface area contributed by atoms with Crippen LogP contribution in [0.1, 0.15) is 38.7 Å². The molecule has 0 saturated heterocycles. The summed E-state index contributed by atoms with van der Waals surface area (Å²) >= 11 is 1.83. The van der Waals surface area contributed by atoms with Gasteiger partial charge in [0.05, 0.1) is 0 Å². The molecule has 110 valence electrons. The number of aryl methyl sites for hydroxylation is 1. The first-order chi connectivity index (χ1) is 9.52. The number of aromatic nitrogens is 1. The maximum Gasteiger partial charge on any atom is 0.213 e. The van der Waals surface area contributed by atoms with Crippen LogP contribution < -0.4 is 10.1 Å². The maximum atomic E-state index is 11.0. The largest absolute Gasteiger partial charge is 0.474 e. The lowest BCUT2D eigenvalue weighted by atomic mass is 9.89. The lowest BCUT2D eigenvalue weighted by Crippen LogP contribution is -2.49. The SMILES string of the molecule is CC(C)N[C@H]1C[C@H](Oc2cc(CCC(=O)I)ccn2)C1. The van der Waals surface area contributed by atoms with Gasteiger partial charge in [0.15, 0.2) is 3.79 Å². The maximum absolute atomic E-state index is 11.0. The molecule has 1 fully saturated rings. The van der Waals surface area contributed by atoms with Crippen LogP contribution in [0.5, 0.6) is 5.88 Å².